The highest BCUT2D eigenvalue weighted by Crippen LogP contribution is 2.29. The molecule has 1 aliphatic carbocycles. The van der Waals surface area contributed by atoms with Gasteiger partial charge in [-0.3, -0.25) is 9.59 Å². The molecule has 25 heavy (non-hydrogen) atoms. The van der Waals surface area contributed by atoms with Gasteiger partial charge in [-0.25, -0.2) is 4.39 Å². The molecule has 130 valence electrons. The molecule has 1 aliphatic rings. The Bertz CT molecular complexity index is 775. The monoisotopic (exact) mass is 341 g/mol. The number of rotatable bonds is 5. The number of carbonyl (C=O) groups is 2. The van der Waals surface area contributed by atoms with Crippen molar-refractivity contribution in [3.63, 3.8) is 0 Å². The molecule has 1 amide bonds. The van der Waals surface area contributed by atoms with Gasteiger partial charge >= 0.3 is 5.97 Å². The van der Waals surface area contributed by atoms with E-state index in [0.717, 1.165) is 24.8 Å². The van der Waals surface area contributed by atoms with E-state index in [1.165, 1.54) is 23.8 Å². The summed E-state index contributed by atoms with van der Waals surface area (Å²) in [6.07, 6.45) is 2.85. The third kappa shape index (κ3) is 4.66. The summed E-state index contributed by atoms with van der Waals surface area (Å²) in [6.45, 7) is -0.327. The molecular formula is C20H20FNO3. The number of amides is 1. The first-order chi connectivity index (χ1) is 12.1. The summed E-state index contributed by atoms with van der Waals surface area (Å²) in [4.78, 5) is 23.9. The number of aryl methyl sites for hydroxylation is 1. The van der Waals surface area contributed by atoms with E-state index in [4.69, 9.17) is 4.74 Å². The van der Waals surface area contributed by atoms with Crippen molar-refractivity contribution >= 4 is 11.9 Å². The molecule has 1 atom stereocenters. The SMILES string of the molecule is O=C(COC(=O)Cc1cccc(F)c1)N[C@@H]1CCCc2ccccc21. The smallest absolute Gasteiger partial charge is 0.310 e. The third-order valence-corrected chi connectivity index (χ3v) is 4.31. The average Bonchev–Trinajstić information content (AvgIpc) is 2.60. The number of esters is 1. The zero-order valence-corrected chi connectivity index (χ0v) is 13.8. The van der Waals surface area contributed by atoms with E-state index in [9.17, 15) is 14.0 Å². The number of fused-ring (bicyclic) bond motifs is 1. The average molecular weight is 341 g/mol. The lowest BCUT2D eigenvalue weighted by molar-refractivity contribution is -0.148. The standard InChI is InChI=1S/C20H20FNO3/c21-16-8-3-5-14(11-16)12-20(24)25-13-19(23)22-18-10-4-7-15-6-1-2-9-17(15)18/h1-3,5-6,8-9,11,18H,4,7,10,12-13H2,(H,22,23)/t18-/m1/s1. The number of nitrogens with one attached hydrogen (secondary N) is 1. The molecule has 0 saturated carbocycles. The van der Waals surface area contributed by atoms with Crippen LogP contribution in [0.5, 0.6) is 0 Å². The molecular weight excluding hydrogens is 321 g/mol. The summed E-state index contributed by atoms with van der Waals surface area (Å²) in [5, 5.41) is 2.93. The Kier molecular flexibility index (Phi) is 5.43. The molecule has 0 heterocycles. The van der Waals surface area contributed by atoms with Crippen LogP contribution in [0, 0.1) is 5.82 Å². The van der Waals surface area contributed by atoms with E-state index in [1.54, 1.807) is 6.07 Å². The zero-order chi connectivity index (χ0) is 17.6. The molecule has 2 aromatic carbocycles. The normalized spacial score (nSPS) is 16.0. The Morgan fingerprint density at radius 1 is 1.16 bits per heavy atom. The van der Waals surface area contributed by atoms with Crippen LogP contribution in [0.4, 0.5) is 4.39 Å². The molecule has 1 N–H and O–H groups in total. The summed E-state index contributed by atoms with van der Waals surface area (Å²) < 4.78 is 18.1. The van der Waals surface area contributed by atoms with E-state index in [-0.39, 0.29) is 25.0 Å². The molecule has 4 nitrogen and oxygen atoms in total. The second-order valence-electron chi connectivity index (χ2n) is 6.18. The van der Waals surface area contributed by atoms with Crippen LogP contribution in [-0.4, -0.2) is 18.5 Å². The van der Waals surface area contributed by atoms with Crippen LogP contribution in [0.15, 0.2) is 48.5 Å². The van der Waals surface area contributed by atoms with Crippen LogP contribution >= 0.6 is 0 Å². The van der Waals surface area contributed by atoms with Crippen molar-refractivity contribution < 1.29 is 18.7 Å². The van der Waals surface area contributed by atoms with Gasteiger partial charge in [0.05, 0.1) is 12.5 Å². The highest BCUT2D eigenvalue weighted by molar-refractivity contribution is 5.81. The molecule has 3 rings (SSSR count). The molecule has 0 spiro atoms. The van der Waals surface area contributed by atoms with E-state index >= 15 is 0 Å². The number of ether oxygens (including phenoxy) is 1. The van der Waals surface area contributed by atoms with Crippen LogP contribution in [0.3, 0.4) is 0 Å². The van der Waals surface area contributed by atoms with Gasteiger partial charge in [-0.2, -0.15) is 0 Å². The van der Waals surface area contributed by atoms with Crippen LogP contribution < -0.4 is 5.32 Å². The first-order valence-electron chi connectivity index (χ1n) is 8.39. The number of benzene rings is 2. The maximum absolute atomic E-state index is 13.1. The minimum atomic E-state index is -0.551. The fourth-order valence-corrected chi connectivity index (χ4v) is 3.15. The lowest BCUT2D eigenvalue weighted by Gasteiger charge is -2.26. The highest BCUT2D eigenvalue weighted by atomic mass is 19.1. The summed E-state index contributed by atoms with van der Waals surface area (Å²) >= 11 is 0. The summed E-state index contributed by atoms with van der Waals surface area (Å²) in [5.74, 6) is -1.28. The van der Waals surface area contributed by atoms with Gasteiger partial charge in [-0.05, 0) is 48.1 Å². The highest BCUT2D eigenvalue weighted by Gasteiger charge is 2.21. The van der Waals surface area contributed by atoms with Gasteiger partial charge in [-0.15, -0.1) is 0 Å². The first-order valence-corrected chi connectivity index (χ1v) is 8.39. The third-order valence-electron chi connectivity index (χ3n) is 4.31. The topological polar surface area (TPSA) is 55.4 Å². The number of halogens is 1. The summed E-state index contributed by atoms with van der Waals surface area (Å²) in [6, 6.07) is 13.8. The lowest BCUT2D eigenvalue weighted by Crippen LogP contribution is -2.34. The molecule has 0 unspecified atom stereocenters. The fourth-order valence-electron chi connectivity index (χ4n) is 3.15. The first kappa shape index (κ1) is 17.1. The van der Waals surface area contributed by atoms with Gasteiger partial charge in [0.15, 0.2) is 6.61 Å². The second kappa shape index (κ2) is 7.92. The van der Waals surface area contributed by atoms with Crippen molar-refractivity contribution in [2.24, 2.45) is 0 Å². The van der Waals surface area contributed by atoms with Crippen molar-refractivity contribution in [3.05, 3.63) is 71.0 Å². The molecule has 0 saturated heterocycles. The minimum absolute atomic E-state index is 0.0422. The largest absolute Gasteiger partial charge is 0.455 e. The van der Waals surface area contributed by atoms with Crippen molar-refractivity contribution in [2.75, 3.05) is 6.61 Å². The lowest BCUT2D eigenvalue weighted by atomic mass is 9.88. The molecule has 0 fully saturated rings. The van der Waals surface area contributed by atoms with E-state index < -0.39 is 11.8 Å². The molecule has 5 heteroatoms. The van der Waals surface area contributed by atoms with Crippen molar-refractivity contribution in [1.82, 2.24) is 5.32 Å². The Hall–Kier alpha value is -2.69. The molecule has 0 aliphatic heterocycles. The molecule has 0 aromatic heterocycles. The number of carbonyl (C=O) groups excluding carboxylic acids is 2. The van der Waals surface area contributed by atoms with E-state index in [2.05, 4.69) is 11.4 Å². The second-order valence-corrected chi connectivity index (χ2v) is 6.18. The molecule has 0 bridgehead atoms. The summed E-state index contributed by atoms with van der Waals surface area (Å²) in [5.41, 5.74) is 2.90. The maximum Gasteiger partial charge on any atom is 0.310 e. The molecule has 2 aromatic rings. The molecule has 0 radical (unpaired) electrons. The van der Waals surface area contributed by atoms with Crippen molar-refractivity contribution in [2.45, 2.75) is 31.7 Å². The van der Waals surface area contributed by atoms with Gasteiger partial charge in [-0.1, -0.05) is 36.4 Å². The van der Waals surface area contributed by atoms with Crippen LogP contribution in [0.25, 0.3) is 0 Å². The zero-order valence-electron chi connectivity index (χ0n) is 13.8. The van der Waals surface area contributed by atoms with Gasteiger partial charge in [0.2, 0.25) is 0 Å². The Labute approximate surface area is 146 Å². The fraction of sp³-hybridized carbons (Fsp3) is 0.300. The van der Waals surface area contributed by atoms with Crippen molar-refractivity contribution in [3.8, 4) is 0 Å². The maximum atomic E-state index is 13.1. The minimum Gasteiger partial charge on any atom is -0.455 e. The van der Waals surface area contributed by atoms with Gasteiger partial charge in [0.25, 0.3) is 5.91 Å². The van der Waals surface area contributed by atoms with Gasteiger partial charge < -0.3 is 10.1 Å². The predicted molar refractivity (Wildman–Crippen MR) is 91.3 cm³/mol. The Morgan fingerprint density at radius 2 is 2.00 bits per heavy atom. The van der Waals surface area contributed by atoms with E-state index in [1.807, 2.05) is 18.2 Å². The van der Waals surface area contributed by atoms with Crippen LogP contribution in [0.1, 0.15) is 35.6 Å². The van der Waals surface area contributed by atoms with E-state index in [0.29, 0.717) is 5.56 Å². The Morgan fingerprint density at radius 3 is 2.84 bits per heavy atom. The number of hydrogen-bond donors (Lipinski definition) is 1. The van der Waals surface area contributed by atoms with Gasteiger partial charge in [0.1, 0.15) is 5.82 Å². The van der Waals surface area contributed by atoms with Crippen LogP contribution in [-0.2, 0) is 27.2 Å². The Balaban J connectivity index is 1.49. The number of hydrogen-bond acceptors (Lipinski definition) is 3. The van der Waals surface area contributed by atoms with Gasteiger partial charge in [0, 0.05) is 0 Å². The summed E-state index contributed by atoms with van der Waals surface area (Å²) in [7, 11) is 0. The van der Waals surface area contributed by atoms with Crippen molar-refractivity contribution in [1.29, 1.82) is 0 Å². The predicted octanol–water partition coefficient (Wildman–Crippen LogP) is 3.11. The quantitative estimate of drug-likeness (QED) is 0.850. The van der Waals surface area contributed by atoms with Crippen LogP contribution in [0.2, 0.25) is 0 Å².